The zero-order valence-electron chi connectivity index (χ0n) is 16.3. The van der Waals surface area contributed by atoms with Crippen LogP contribution in [0.2, 0.25) is 0 Å². The molecule has 0 aliphatic heterocycles. The fraction of sp³-hybridized carbons (Fsp3) is 1.00. The van der Waals surface area contributed by atoms with Crippen molar-refractivity contribution in [1.29, 1.82) is 0 Å². The van der Waals surface area contributed by atoms with E-state index in [1.807, 2.05) is 0 Å². The number of rotatable bonds is 12. The standard InChI is InChI=1S/C6H18O24P6.Cu/c7-31(8,9)25-1-2(26-32(10,11)12)4(28-34(16,17)18)6(30-36(22,23)24)5(29-35(19,20)21)3(1)27-33(13,14)15;/h1-6H,(H2,7,8,9)(H2,10,11,12)(H2,13,14,15)(H2,16,17,18)(H2,19,20,21)(H2,22,23,24);/q;+1/p-11/t1-,2-,3?,4?,5-,6+;/m1./s1. The summed E-state index contributed by atoms with van der Waals surface area (Å²) in [5, 5.41) is 0. The van der Waals surface area contributed by atoms with E-state index in [-0.39, 0.29) is 17.1 Å². The average molecular weight is 712 g/mol. The van der Waals surface area contributed by atoms with Gasteiger partial charge in [0.15, 0.2) is 0 Å². The molecule has 37 heavy (non-hydrogen) atoms. The molecule has 1 fully saturated rings. The number of phosphoric acid groups is 6. The van der Waals surface area contributed by atoms with E-state index in [1.54, 1.807) is 0 Å². The largest absolute Gasteiger partial charge is 1.00 e. The van der Waals surface area contributed by atoms with E-state index in [0.717, 1.165) is 0 Å². The third kappa shape index (κ3) is 15.1. The van der Waals surface area contributed by atoms with Crippen molar-refractivity contribution in [2.45, 2.75) is 36.6 Å². The Morgan fingerprint density at radius 1 is 0.378 bits per heavy atom. The van der Waals surface area contributed by atoms with E-state index < -0.39 is 83.6 Å². The van der Waals surface area contributed by atoms with Crippen LogP contribution in [0.1, 0.15) is 0 Å². The molecule has 0 bridgehead atoms. The van der Waals surface area contributed by atoms with Gasteiger partial charge in [0, 0.05) is 0 Å². The van der Waals surface area contributed by atoms with Gasteiger partial charge >= 0.3 is 17.1 Å². The Balaban J connectivity index is 0.0000130. The molecule has 1 rings (SSSR count). The second-order valence-electron chi connectivity index (χ2n) is 6.12. The van der Waals surface area contributed by atoms with Gasteiger partial charge in [-0.2, -0.15) is 0 Å². The molecule has 0 radical (unpaired) electrons. The molecule has 1 aliphatic rings. The van der Waals surface area contributed by atoms with E-state index in [4.69, 9.17) is 4.89 Å². The van der Waals surface area contributed by atoms with Crippen molar-refractivity contribution < 1.29 is 130 Å². The van der Waals surface area contributed by atoms with Crippen molar-refractivity contribution >= 4 is 46.9 Å². The Morgan fingerprint density at radius 3 is 0.622 bits per heavy atom. The molecule has 0 aromatic carbocycles. The zero-order valence-corrected chi connectivity index (χ0v) is 22.6. The normalized spacial score (nSPS) is 29.8. The van der Waals surface area contributed by atoms with Crippen LogP contribution in [0.25, 0.3) is 0 Å². The molecule has 1 N–H and O–H groups in total. The summed E-state index contributed by atoms with van der Waals surface area (Å²) < 4.78 is 88.7. The average Bonchev–Trinajstić information content (AvgIpc) is 2.51. The van der Waals surface area contributed by atoms with Crippen molar-refractivity contribution in [2.24, 2.45) is 0 Å². The van der Waals surface area contributed by atoms with Crippen molar-refractivity contribution in [3.63, 3.8) is 0 Å². The van der Waals surface area contributed by atoms with Gasteiger partial charge in [-0.1, -0.05) is 0 Å². The second-order valence-corrected chi connectivity index (χ2v) is 12.8. The molecule has 3 unspecified atom stereocenters. The molecule has 0 saturated heterocycles. The Kier molecular flexibility index (Phi) is 13.4. The van der Waals surface area contributed by atoms with Gasteiger partial charge in [0.2, 0.25) is 0 Å². The van der Waals surface area contributed by atoms with Crippen LogP contribution in [0, 0.1) is 0 Å². The second kappa shape index (κ2) is 13.0. The van der Waals surface area contributed by atoms with Gasteiger partial charge in [-0.25, -0.2) is 0 Å². The molecule has 0 heterocycles. The van der Waals surface area contributed by atoms with E-state index in [9.17, 15) is 81.2 Å². The molecule has 0 amide bonds. The molecule has 1 aliphatic carbocycles. The molecule has 1 saturated carbocycles. The van der Waals surface area contributed by atoms with Crippen molar-refractivity contribution in [3.05, 3.63) is 0 Å². The first kappa shape index (κ1) is 38.2. The Hall–Kier alpha value is 1.18. The topological polar surface area (TPSA) is 432 Å². The van der Waals surface area contributed by atoms with Gasteiger partial charge in [-0.3, -0.25) is 4.57 Å². The predicted molar refractivity (Wildman–Crippen MR) is 77.1 cm³/mol. The van der Waals surface area contributed by atoms with Crippen LogP contribution in [0.4, 0.5) is 0 Å². The molecular weight excluding hydrogens is 705 g/mol. The predicted octanol–water partition coefficient (Wildman–Crippen LogP) is -10.1. The molecule has 226 valence electrons. The molecule has 0 spiro atoms. The van der Waals surface area contributed by atoms with Gasteiger partial charge in [0.1, 0.15) is 36.6 Å². The van der Waals surface area contributed by atoms with Gasteiger partial charge in [-0.15, -0.1) is 0 Å². The first-order valence-electron chi connectivity index (χ1n) is 7.81. The molecule has 0 aromatic rings. The van der Waals surface area contributed by atoms with E-state index in [0.29, 0.717) is 0 Å². The minimum absolute atomic E-state index is 0. The molecule has 24 nitrogen and oxygen atoms in total. The maximum Gasteiger partial charge on any atom is 1.00 e. The minimum Gasteiger partial charge on any atom is -0.790 e. The smallest absolute Gasteiger partial charge is 0.790 e. The third-order valence-corrected chi connectivity index (χ3v) is 6.47. The van der Waals surface area contributed by atoms with Crippen LogP contribution in [-0.4, -0.2) is 41.5 Å². The van der Waals surface area contributed by atoms with Crippen LogP contribution in [-0.2, 0) is 71.6 Å². The first-order chi connectivity index (χ1) is 15.6. The molecule has 7 atom stereocenters. The van der Waals surface area contributed by atoms with Crippen molar-refractivity contribution in [3.8, 4) is 0 Å². The summed E-state index contributed by atoms with van der Waals surface area (Å²) in [5.41, 5.74) is 0. The fourth-order valence-electron chi connectivity index (χ4n) is 2.74. The maximum atomic E-state index is 11.2. The monoisotopic (exact) mass is 712 g/mol. The van der Waals surface area contributed by atoms with Gasteiger partial charge in [0.25, 0.3) is 7.82 Å². The SMILES string of the molecule is O=P([O-])([O-])OC1[C@@H](OP(=O)([O-])[O-])[C@@H](OP(=O)([O-])[O-])C(OP(=O)([O-])O)[C@H](OP(=O)([O-])[O-])[C@H]1OP(=O)([O-])[O-].[Cu+]. The third-order valence-electron chi connectivity index (χ3n) is 3.45. The Morgan fingerprint density at radius 2 is 0.514 bits per heavy atom. The summed E-state index contributed by atoms with van der Waals surface area (Å²) in [6.07, 6.45) is -21.3. The van der Waals surface area contributed by atoms with E-state index in [2.05, 4.69) is 27.1 Å². The van der Waals surface area contributed by atoms with Crippen LogP contribution < -0.4 is 53.8 Å². The number of hydrogen-bond acceptors (Lipinski definition) is 23. The Bertz CT molecular complexity index is 824. The van der Waals surface area contributed by atoms with Crippen molar-refractivity contribution in [2.75, 3.05) is 0 Å². The van der Waals surface area contributed by atoms with Gasteiger partial charge < -0.3 is 109 Å². The molecule has 31 heteroatoms. The number of phosphoric ester groups is 6. The summed E-state index contributed by atoms with van der Waals surface area (Å²) in [6.45, 7) is 0. The van der Waals surface area contributed by atoms with Crippen LogP contribution >= 0.6 is 46.9 Å². The van der Waals surface area contributed by atoms with Crippen LogP contribution in [0.5, 0.6) is 0 Å². The van der Waals surface area contributed by atoms with Crippen molar-refractivity contribution in [1.82, 2.24) is 0 Å². The molecular formula is C6H7CuO24P6-10. The summed E-state index contributed by atoms with van der Waals surface area (Å²) in [7, 11) is -39.8. The summed E-state index contributed by atoms with van der Waals surface area (Å²) in [5.74, 6) is 0. The van der Waals surface area contributed by atoms with E-state index in [1.165, 1.54) is 0 Å². The summed E-state index contributed by atoms with van der Waals surface area (Å²) >= 11 is 0. The van der Waals surface area contributed by atoms with Gasteiger partial charge in [0.05, 0.1) is 39.1 Å². The van der Waals surface area contributed by atoms with Crippen LogP contribution in [0.3, 0.4) is 0 Å². The summed E-state index contributed by atoms with van der Waals surface area (Å²) in [4.78, 5) is 131. The first-order valence-corrected chi connectivity index (χ1v) is 16.6. The van der Waals surface area contributed by atoms with E-state index >= 15 is 0 Å². The summed E-state index contributed by atoms with van der Waals surface area (Å²) in [6, 6.07) is 0. The minimum atomic E-state index is -6.67. The number of hydrogen-bond donors (Lipinski definition) is 1. The zero-order chi connectivity index (χ0) is 28.7. The van der Waals surface area contributed by atoms with Gasteiger partial charge in [-0.05, 0) is 0 Å². The quantitative estimate of drug-likeness (QED) is 0.145. The Labute approximate surface area is 214 Å². The van der Waals surface area contributed by atoms with Crippen LogP contribution in [0.15, 0.2) is 0 Å². The maximum absolute atomic E-state index is 11.2. The fourth-order valence-corrected chi connectivity index (χ4v) is 5.98. The molecule has 0 aromatic heterocycles.